The van der Waals surface area contributed by atoms with E-state index >= 15 is 0 Å². The van der Waals surface area contributed by atoms with Crippen molar-refractivity contribution >= 4 is 17.7 Å². The molecule has 0 unspecified atom stereocenters. The fourth-order valence-corrected chi connectivity index (χ4v) is 5.56. The predicted octanol–water partition coefficient (Wildman–Crippen LogP) is 4.56. The number of amides is 1. The number of likely N-dealkylation sites (tertiary alicyclic amines) is 1. The Morgan fingerprint density at radius 2 is 1.89 bits per heavy atom. The molecule has 2 aliphatic rings. The number of benzene rings is 1. The van der Waals surface area contributed by atoms with Crippen molar-refractivity contribution in [2.75, 3.05) is 12.3 Å². The molecule has 4 rings (SSSR count). The molecule has 0 radical (unpaired) electrons. The Labute approximate surface area is 171 Å². The third kappa shape index (κ3) is 3.71. The van der Waals surface area contributed by atoms with E-state index in [2.05, 4.69) is 50.9 Å². The average molecular weight is 399 g/mol. The summed E-state index contributed by atoms with van der Waals surface area (Å²) < 4.78 is 2.08. The van der Waals surface area contributed by atoms with Gasteiger partial charge in [-0.05, 0) is 42.9 Å². The summed E-state index contributed by atoms with van der Waals surface area (Å²) in [5.74, 6) is 2.62. The first-order valence-corrected chi connectivity index (χ1v) is 11.6. The number of carbonyl (C=O) groups is 1. The standard InChI is InChI=1S/C22H30N4OS/c1-3-28-22-24-23-20(25(22)2)18-14-9-15-26(18)21(27)19(17-12-7-8-13-17)16-10-5-4-6-11-16/h4-6,10-11,17-19H,3,7-9,12-15H2,1-2H3/t18-,19+/m1/s1. The third-order valence-corrected chi connectivity index (χ3v) is 7.17. The SMILES string of the molecule is CCSc1nnc([C@H]2CCCN2C(=O)[C@@H](c2ccccc2)C2CCCC2)n1C. The Morgan fingerprint density at radius 3 is 2.61 bits per heavy atom. The van der Waals surface area contributed by atoms with Gasteiger partial charge in [0.05, 0.1) is 12.0 Å². The first-order chi connectivity index (χ1) is 13.7. The van der Waals surface area contributed by atoms with Crippen molar-refractivity contribution in [1.82, 2.24) is 19.7 Å². The van der Waals surface area contributed by atoms with Crippen molar-refractivity contribution in [3.8, 4) is 0 Å². The summed E-state index contributed by atoms with van der Waals surface area (Å²) >= 11 is 1.70. The number of hydrogen-bond acceptors (Lipinski definition) is 4. The smallest absolute Gasteiger partial charge is 0.231 e. The van der Waals surface area contributed by atoms with E-state index in [1.165, 1.54) is 18.4 Å². The second kappa shape index (κ2) is 8.68. The highest BCUT2D eigenvalue weighted by Crippen LogP contribution is 2.41. The van der Waals surface area contributed by atoms with E-state index in [-0.39, 0.29) is 17.9 Å². The van der Waals surface area contributed by atoms with E-state index in [0.29, 0.717) is 5.92 Å². The fraction of sp³-hybridized carbons (Fsp3) is 0.591. The minimum atomic E-state index is -0.0259. The number of nitrogens with zero attached hydrogens (tertiary/aromatic N) is 4. The maximum absolute atomic E-state index is 13.8. The number of thioether (sulfide) groups is 1. The topological polar surface area (TPSA) is 51.0 Å². The zero-order valence-electron chi connectivity index (χ0n) is 16.9. The molecule has 0 spiro atoms. The van der Waals surface area contributed by atoms with E-state index < -0.39 is 0 Å². The average Bonchev–Trinajstić information content (AvgIpc) is 3.45. The lowest BCUT2D eigenvalue weighted by Gasteiger charge is -2.31. The summed E-state index contributed by atoms with van der Waals surface area (Å²) in [6.45, 7) is 2.94. The van der Waals surface area contributed by atoms with Crippen LogP contribution in [-0.2, 0) is 11.8 Å². The first-order valence-electron chi connectivity index (χ1n) is 10.6. The van der Waals surface area contributed by atoms with Gasteiger partial charge in [-0.15, -0.1) is 10.2 Å². The molecule has 1 aliphatic carbocycles. The molecular weight excluding hydrogens is 368 g/mol. The Kier molecular flexibility index (Phi) is 6.04. The van der Waals surface area contributed by atoms with Crippen molar-refractivity contribution in [2.24, 2.45) is 13.0 Å². The lowest BCUT2D eigenvalue weighted by atomic mass is 9.83. The van der Waals surface area contributed by atoms with Crippen molar-refractivity contribution < 1.29 is 4.79 Å². The Hall–Kier alpha value is -1.82. The minimum absolute atomic E-state index is 0.0259. The van der Waals surface area contributed by atoms with Crippen LogP contribution in [0.3, 0.4) is 0 Å². The van der Waals surface area contributed by atoms with Crippen LogP contribution in [0, 0.1) is 5.92 Å². The normalized spacial score (nSPS) is 21.4. The Morgan fingerprint density at radius 1 is 1.14 bits per heavy atom. The van der Waals surface area contributed by atoms with Crippen LogP contribution in [0.15, 0.2) is 35.5 Å². The lowest BCUT2D eigenvalue weighted by molar-refractivity contribution is -0.135. The van der Waals surface area contributed by atoms with Gasteiger partial charge in [0.15, 0.2) is 11.0 Å². The van der Waals surface area contributed by atoms with Crippen LogP contribution in [0.2, 0.25) is 0 Å². The molecule has 0 N–H and O–H groups in total. The number of aromatic nitrogens is 3. The van der Waals surface area contributed by atoms with Crippen LogP contribution in [0.25, 0.3) is 0 Å². The maximum Gasteiger partial charge on any atom is 0.231 e. The van der Waals surface area contributed by atoms with Gasteiger partial charge in [0.2, 0.25) is 5.91 Å². The van der Waals surface area contributed by atoms with Gasteiger partial charge < -0.3 is 9.47 Å². The molecule has 0 bridgehead atoms. The third-order valence-electron chi connectivity index (χ3n) is 6.27. The second-order valence-corrected chi connectivity index (χ2v) is 9.19. The summed E-state index contributed by atoms with van der Waals surface area (Å²) in [7, 11) is 2.03. The molecule has 1 saturated carbocycles. The number of rotatable bonds is 6. The van der Waals surface area contributed by atoms with Crippen molar-refractivity contribution in [3.63, 3.8) is 0 Å². The van der Waals surface area contributed by atoms with Crippen molar-refractivity contribution in [2.45, 2.75) is 62.6 Å². The summed E-state index contributed by atoms with van der Waals surface area (Å²) in [6.07, 6.45) is 6.81. The summed E-state index contributed by atoms with van der Waals surface area (Å²) in [4.78, 5) is 15.9. The quantitative estimate of drug-likeness (QED) is 0.669. The van der Waals surface area contributed by atoms with Gasteiger partial charge in [-0.2, -0.15) is 0 Å². The van der Waals surface area contributed by atoms with Crippen LogP contribution in [-0.4, -0.2) is 37.9 Å². The molecule has 1 amide bonds. The molecule has 2 heterocycles. The van der Waals surface area contributed by atoms with Crippen LogP contribution >= 0.6 is 11.8 Å². The molecule has 1 saturated heterocycles. The maximum atomic E-state index is 13.8. The van der Waals surface area contributed by atoms with Gasteiger partial charge in [0, 0.05) is 13.6 Å². The van der Waals surface area contributed by atoms with Crippen LogP contribution in [0.1, 0.15) is 68.8 Å². The molecule has 1 aliphatic heterocycles. The monoisotopic (exact) mass is 398 g/mol. The van der Waals surface area contributed by atoms with E-state index in [1.54, 1.807) is 11.8 Å². The Balaban J connectivity index is 1.62. The molecule has 2 aromatic rings. The Bertz CT molecular complexity index is 800. The van der Waals surface area contributed by atoms with E-state index in [0.717, 1.165) is 49.0 Å². The zero-order chi connectivity index (χ0) is 19.5. The van der Waals surface area contributed by atoms with E-state index in [4.69, 9.17) is 0 Å². The lowest BCUT2D eigenvalue weighted by Crippen LogP contribution is -2.38. The first kappa shape index (κ1) is 19.5. The van der Waals surface area contributed by atoms with Gasteiger partial charge in [-0.3, -0.25) is 4.79 Å². The molecule has 2 fully saturated rings. The number of carbonyl (C=O) groups excluding carboxylic acids is 1. The highest BCUT2D eigenvalue weighted by molar-refractivity contribution is 7.99. The summed E-state index contributed by atoms with van der Waals surface area (Å²) in [5.41, 5.74) is 1.17. The molecule has 150 valence electrons. The molecule has 6 heteroatoms. The van der Waals surface area contributed by atoms with Crippen molar-refractivity contribution in [1.29, 1.82) is 0 Å². The number of hydrogen-bond donors (Lipinski definition) is 0. The van der Waals surface area contributed by atoms with E-state index in [9.17, 15) is 4.79 Å². The molecular formula is C22H30N4OS. The fourth-order valence-electron chi connectivity index (χ4n) is 4.92. The highest BCUT2D eigenvalue weighted by atomic mass is 32.2. The van der Waals surface area contributed by atoms with Crippen LogP contribution < -0.4 is 0 Å². The van der Waals surface area contributed by atoms with Gasteiger partial charge in [0.25, 0.3) is 0 Å². The molecule has 2 atom stereocenters. The zero-order valence-corrected chi connectivity index (χ0v) is 17.7. The predicted molar refractivity (Wildman–Crippen MR) is 112 cm³/mol. The molecule has 5 nitrogen and oxygen atoms in total. The highest BCUT2D eigenvalue weighted by Gasteiger charge is 2.40. The molecule has 28 heavy (non-hydrogen) atoms. The van der Waals surface area contributed by atoms with Crippen LogP contribution in [0.5, 0.6) is 0 Å². The summed E-state index contributed by atoms with van der Waals surface area (Å²) in [6, 6.07) is 10.5. The minimum Gasteiger partial charge on any atom is -0.332 e. The van der Waals surface area contributed by atoms with Gasteiger partial charge >= 0.3 is 0 Å². The van der Waals surface area contributed by atoms with Gasteiger partial charge in [-0.1, -0.05) is 61.9 Å². The molecule has 1 aromatic heterocycles. The van der Waals surface area contributed by atoms with Gasteiger partial charge in [0.1, 0.15) is 0 Å². The largest absolute Gasteiger partial charge is 0.332 e. The summed E-state index contributed by atoms with van der Waals surface area (Å²) in [5, 5.41) is 9.78. The second-order valence-electron chi connectivity index (χ2n) is 7.96. The van der Waals surface area contributed by atoms with Crippen LogP contribution in [0.4, 0.5) is 0 Å². The van der Waals surface area contributed by atoms with Gasteiger partial charge in [-0.25, -0.2) is 0 Å². The molecule has 1 aromatic carbocycles. The van der Waals surface area contributed by atoms with Crippen molar-refractivity contribution in [3.05, 3.63) is 41.7 Å². The van der Waals surface area contributed by atoms with E-state index in [1.807, 2.05) is 13.1 Å².